The van der Waals surface area contributed by atoms with Crippen LogP contribution in [0.1, 0.15) is 64.1 Å². The van der Waals surface area contributed by atoms with Gasteiger partial charge in [-0.1, -0.05) is 26.7 Å². The minimum atomic E-state index is 0.365. The average molecular weight is 288 g/mol. The van der Waals surface area contributed by atoms with E-state index in [0.717, 1.165) is 29.9 Å². The van der Waals surface area contributed by atoms with Crippen molar-refractivity contribution in [2.75, 3.05) is 23.8 Å². The number of anilines is 2. The predicted molar refractivity (Wildman–Crippen MR) is 88.0 cm³/mol. The van der Waals surface area contributed by atoms with Crippen molar-refractivity contribution in [3.8, 4) is 0 Å². The van der Waals surface area contributed by atoms with Gasteiger partial charge in [-0.2, -0.15) is 0 Å². The number of rotatable bonds is 3. The van der Waals surface area contributed by atoms with E-state index in [1.54, 1.807) is 0 Å². The van der Waals surface area contributed by atoms with E-state index in [2.05, 4.69) is 35.1 Å². The van der Waals surface area contributed by atoms with Gasteiger partial charge in [-0.25, -0.2) is 9.97 Å². The molecule has 0 unspecified atom stereocenters. The summed E-state index contributed by atoms with van der Waals surface area (Å²) in [6, 6.07) is 2.83. The highest BCUT2D eigenvalue weighted by molar-refractivity contribution is 5.50. The summed E-state index contributed by atoms with van der Waals surface area (Å²) < 4.78 is 0. The van der Waals surface area contributed by atoms with Gasteiger partial charge in [-0.05, 0) is 31.6 Å². The molecular weight excluding hydrogens is 260 g/mol. The highest BCUT2D eigenvalue weighted by atomic mass is 15.2. The molecule has 0 radical (unpaired) electrons. The fourth-order valence-electron chi connectivity index (χ4n) is 3.90. The van der Waals surface area contributed by atoms with Crippen molar-refractivity contribution >= 4 is 11.6 Å². The Kier molecular flexibility index (Phi) is 4.32. The van der Waals surface area contributed by atoms with Crippen LogP contribution >= 0.6 is 0 Å². The number of nitrogens with zero attached hydrogens (tertiary/aromatic N) is 3. The summed E-state index contributed by atoms with van der Waals surface area (Å²) in [5.41, 5.74) is 0. The average Bonchev–Trinajstić information content (AvgIpc) is 2.53. The zero-order valence-corrected chi connectivity index (χ0v) is 13.6. The molecule has 0 bridgehead atoms. The number of hydrogen-bond donors (Lipinski definition) is 1. The molecule has 3 rings (SSSR count). The maximum atomic E-state index is 4.87. The van der Waals surface area contributed by atoms with Crippen LogP contribution in [0.15, 0.2) is 6.07 Å². The van der Waals surface area contributed by atoms with Gasteiger partial charge in [0.25, 0.3) is 0 Å². The molecule has 1 N–H and O–H groups in total. The van der Waals surface area contributed by atoms with Crippen molar-refractivity contribution in [3.63, 3.8) is 0 Å². The van der Waals surface area contributed by atoms with Crippen molar-refractivity contribution < 1.29 is 0 Å². The Labute approximate surface area is 128 Å². The molecular formula is C17H28N4. The van der Waals surface area contributed by atoms with Gasteiger partial charge in [-0.15, -0.1) is 0 Å². The van der Waals surface area contributed by atoms with E-state index >= 15 is 0 Å². The fourth-order valence-corrected chi connectivity index (χ4v) is 3.90. The Balaban J connectivity index is 1.92. The molecule has 1 aromatic rings. The smallest absolute Gasteiger partial charge is 0.135 e. The summed E-state index contributed by atoms with van der Waals surface area (Å²) in [6.07, 6.45) is 8.23. The molecule has 4 nitrogen and oxygen atoms in total. The second-order valence-electron chi connectivity index (χ2n) is 6.82. The van der Waals surface area contributed by atoms with Crippen LogP contribution in [0.3, 0.4) is 0 Å². The molecule has 1 aromatic heterocycles. The van der Waals surface area contributed by atoms with Crippen molar-refractivity contribution in [2.45, 2.75) is 64.3 Å². The Morgan fingerprint density at radius 3 is 2.67 bits per heavy atom. The third-order valence-electron chi connectivity index (χ3n) is 5.04. The van der Waals surface area contributed by atoms with Gasteiger partial charge in [0, 0.05) is 31.6 Å². The number of aromatic nitrogens is 2. The van der Waals surface area contributed by atoms with Crippen LogP contribution in [0.5, 0.6) is 0 Å². The number of fused-ring (bicyclic) bond motifs is 1. The van der Waals surface area contributed by atoms with Crippen LogP contribution in [-0.2, 0) is 0 Å². The van der Waals surface area contributed by atoms with Crippen molar-refractivity contribution in [1.29, 1.82) is 0 Å². The number of piperidine rings is 1. The Morgan fingerprint density at radius 2 is 1.90 bits per heavy atom. The van der Waals surface area contributed by atoms with E-state index in [4.69, 9.17) is 4.98 Å². The van der Waals surface area contributed by atoms with E-state index in [1.165, 1.54) is 38.5 Å². The normalized spacial score (nSPS) is 25.8. The van der Waals surface area contributed by atoms with Gasteiger partial charge in [0.2, 0.25) is 0 Å². The van der Waals surface area contributed by atoms with Gasteiger partial charge in [0.15, 0.2) is 0 Å². The Hall–Kier alpha value is -1.32. The molecule has 2 aliphatic rings. The minimum Gasteiger partial charge on any atom is -0.373 e. The first-order valence-corrected chi connectivity index (χ1v) is 8.52. The topological polar surface area (TPSA) is 41.0 Å². The summed E-state index contributed by atoms with van der Waals surface area (Å²) in [4.78, 5) is 12.0. The molecule has 0 amide bonds. The molecule has 1 aliphatic carbocycles. The third-order valence-corrected chi connectivity index (χ3v) is 5.04. The summed E-state index contributed by atoms with van der Waals surface area (Å²) >= 11 is 0. The van der Waals surface area contributed by atoms with Crippen molar-refractivity contribution in [2.24, 2.45) is 5.92 Å². The lowest BCUT2D eigenvalue weighted by molar-refractivity contribution is 0.242. The van der Waals surface area contributed by atoms with Crippen LogP contribution in [0, 0.1) is 5.92 Å². The lowest BCUT2D eigenvalue weighted by atomic mass is 9.78. The third kappa shape index (κ3) is 2.99. The fraction of sp³-hybridized carbons (Fsp3) is 0.765. The first-order chi connectivity index (χ1) is 10.2. The standard InChI is InChI=1S/C17H28N4/c1-12(2)17-19-15(18-3)11-16(20-17)21-10-6-8-13-7-4-5-9-14(13)21/h11-14H,4-10H2,1-3H3,(H,18,19,20)/t13-,14-/m1/s1. The van der Waals surface area contributed by atoms with E-state index in [1.807, 2.05) is 7.05 Å². The van der Waals surface area contributed by atoms with E-state index < -0.39 is 0 Å². The quantitative estimate of drug-likeness (QED) is 0.918. The monoisotopic (exact) mass is 288 g/mol. The summed E-state index contributed by atoms with van der Waals surface area (Å²) in [6.45, 7) is 5.48. The summed E-state index contributed by atoms with van der Waals surface area (Å²) in [5, 5.41) is 3.20. The second-order valence-corrected chi connectivity index (χ2v) is 6.82. The molecule has 0 spiro atoms. The maximum absolute atomic E-state index is 4.87. The largest absolute Gasteiger partial charge is 0.373 e. The summed E-state index contributed by atoms with van der Waals surface area (Å²) in [5.74, 6) is 4.28. The zero-order valence-electron chi connectivity index (χ0n) is 13.6. The lowest BCUT2D eigenvalue weighted by Crippen LogP contribution is -2.47. The van der Waals surface area contributed by atoms with Gasteiger partial charge in [0.05, 0.1) is 0 Å². The molecule has 2 fully saturated rings. The van der Waals surface area contributed by atoms with Crippen LogP contribution in [0.25, 0.3) is 0 Å². The van der Waals surface area contributed by atoms with Gasteiger partial charge in [-0.3, -0.25) is 0 Å². The highest BCUT2D eigenvalue weighted by Crippen LogP contribution is 2.37. The number of hydrogen-bond acceptors (Lipinski definition) is 4. The molecule has 21 heavy (non-hydrogen) atoms. The molecule has 1 aliphatic heterocycles. The Morgan fingerprint density at radius 1 is 1.14 bits per heavy atom. The lowest BCUT2D eigenvalue weighted by Gasteiger charge is -2.45. The maximum Gasteiger partial charge on any atom is 0.135 e. The molecule has 1 saturated heterocycles. The van der Waals surface area contributed by atoms with Crippen LogP contribution < -0.4 is 10.2 Å². The molecule has 1 saturated carbocycles. The summed E-state index contributed by atoms with van der Waals surface area (Å²) in [7, 11) is 1.94. The van der Waals surface area contributed by atoms with Crippen molar-refractivity contribution in [1.82, 2.24) is 9.97 Å². The van der Waals surface area contributed by atoms with Crippen LogP contribution in [0.2, 0.25) is 0 Å². The predicted octanol–water partition coefficient (Wildman–Crippen LogP) is 3.80. The van der Waals surface area contributed by atoms with E-state index in [-0.39, 0.29) is 0 Å². The Bertz CT molecular complexity index is 484. The van der Waals surface area contributed by atoms with E-state index in [9.17, 15) is 0 Å². The number of nitrogens with one attached hydrogen (secondary N) is 1. The molecule has 0 aromatic carbocycles. The van der Waals surface area contributed by atoms with Gasteiger partial charge in [0.1, 0.15) is 17.5 Å². The van der Waals surface area contributed by atoms with Gasteiger partial charge < -0.3 is 10.2 Å². The second kappa shape index (κ2) is 6.20. The molecule has 116 valence electrons. The van der Waals surface area contributed by atoms with Crippen LogP contribution in [-0.4, -0.2) is 29.6 Å². The molecule has 2 heterocycles. The first-order valence-electron chi connectivity index (χ1n) is 8.52. The van der Waals surface area contributed by atoms with Gasteiger partial charge >= 0.3 is 0 Å². The van der Waals surface area contributed by atoms with Crippen LogP contribution in [0.4, 0.5) is 11.6 Å². The minimum absolute atomic E-state index is 0.365. The molecule has 2 atom stereocenters. The van der Waals surface area contributed by atoms with Crippen molar-refractivity contribution in [3.05, 3.63) is 11.9 Å². The zero-order chi connectivity index (χ0) is 14.8. The highest BCUT2D eigenvalue weighted by Gasteiger charge is 2.34. The first kappa shape index (κ1) is 14.6. The molecule has 4 heteroatoms. The van der Waals surface area contributed by atoms with E-state index in [0.29, 0.717) is 12.0 Å². The SMILES string of the molecule is CNc1cc(N2CCC[C@H]3CCCC[C@H]32)nc(C(C)C)n1.